The molecule has 174 valence electrons. The largest absolute Gasteiger partial charge is 0.464 e. The second kappa shape index (κ2) is 11.6. The lowest BCUT2D eigenvalue weighted by atomic mass is 10.1. The number of aryl methyl sites for hydroxylation is 1. The van der Waals surface area contributed by atoms with E-state index in [2.05, 4.69) is 0 Å². The summed E-state index contributed by atoms with van der Waals surface area (Å²) in [5.74, 6) is -0.900. The minimum absolute atomic E-state index is 0.0487. The number of carbonyl (C=O) groups excluding carboxylic acids is 2. The highest BCUT2D eigenvalue weighted by molar-refractivity contribution is 6.27. The predicted octanol–water partition coefficient (Wildman–Crippen LogP) is 3.34. The Labute approximate surface area is 197 Å². The van der Waals surface area contributed by atoms with Crippen molar-refractivity contribution in [3.05, 3.63) is 81.7 Å². The first-order valence-electron chi connectivity index (χ1n) is 10.6. The van der Waals surface area contributed by atoms with Crippen molar-refractivity contribution < 1.29 is 18.7 Å². The average molecular weight is 471 g/mol. The molecule has 2 amide bonds. The number of nitrogens with zero attached hydrogens (tertiary/aromatic N) is 2. The Morgan fingerprint density at radius 2 is 1.79 bits per heavy atom. The number of fused-ring (bicyclic) bond motifs is 1. The molecule has 8 heteroatoms. The third kappa shape index (κ3) is 6.43. The van der Waals surface area contributed by atoms with Crippen LogP contribution in [0.1, 0.15) is 16.7 Å². The summed E-state index contributed by atoms with van der Waals surface area (Å²) in [4.78, 5) is 41.5. The highest BCUT2D eigenvalue weighted by atomic mass is 35.5. The van der Waals surface area contributed by atoms with Gasteiger partial charge in [-0.3, -0.25) is 14.4 Å². The smallest absolute Gasteiger partial charge is 0.242 e. The molecule has 0 aliphatic rings. The number of alkyl halides is 1. The maximum Gasteiger partial charge on any atom is 0.242 e. The number of carbonyl (C=O) groups is 2. The van der Waals surface area contributed by atoms with Crippen LogP contribution in [0.4, 0.5) is 0 Å². The van der Waals surface area contributed by atoms with Crippen LogP contribution in [0.5, 0.6) is 0 Å². The lowest BCUT2D eigenvalue weighted by molar-refractivity contribution is -0.140. The maximum atomic E-state index is 13.3. The average Bonchev–Trinajstić information content (AvgIpc) is 2.83. The topological polar surface area (TPSA) is 80.1 Å². The molecule has 0 N–H and O–H groups in total. The number of benzene rings is 2. The molecule has 3 rings (SSSR count). The number of hydrogen-bond acceptors (Lipinski definition) is 5. The van der Waals surface area contributed by atoms with Crippen molar-refractivity contribution in [3.8, 4) is 0 Å². The summed E-state index contributed by atoms with van der Waals surface area (Å²) in [5.41, 5.74) is 2.52. The highest BCUT2D eigenvalue weighted by Gasteiger charge is 2.22. The number of hydrogen-bond donors (Lipinski definition) is 0. The van der Waals surface area contributed by atoms with E-state index in [1.165, 1.54) is 18.3 Å². The van der Waals surface area contributed by atoms with Crippen LogP contribution in [-0.2, 0) is 27.4 Å². The number of halogens is 1. The molecule has 0 radical (unpaired) electrons. The van der Waals surface area contributed by atoms with Gasteiger partial charge in [0.1, 0.15) is 11.5 Å². The zero-order valence-corrected chi connectivity index (χ0v) is 19.5. The van der Waals surface area contributed by atoms with Crippen LogP contribution >= 0.6 is 11.6 Å². The molecule has 0 spiro atoms. The van der Waals surface area contributed by atoms with Gasteiger partial charge in [-0.25, -0.2) is 0 Å². The zero-order chi connectivity index (χ0) is 23.8. The minimum Gasteiger partial charge on any atom is -0.464 e. The first-order valence-corrected chi connectivity index (χ1v) is 11.1. The van der Waals surface area contributed by atoms with E-state index in [0.29, 0.717) is 16.5 Å². The Hall–Kier alpha value is -3.16. The number of rotatable bonds is 10. The lowest BCUT2D eigenvalue weighted by Crippen LogP contribution is -2.44. The fraction of sp³-hybridized carbons (Fsp3) is 0.320. The molecular weight excluding hydrogens is 444 g/mol. The summed E-state index contributed by atoms with van der Waals surface area (Å²) >= 11 is 5.73. The van der Waals surface area contributed by atoms with Crippen molar-refractivity contribution in [3.63, 3.8) is 0 Å². The van der Waals surface area contributed by atoms with Crippen LogP contribution in [0.3, 0.4) is 0 Å². The van der Waals surface area contributed by atoms with E-state index < -0.39 is 0 Å². The van der Waals surface area contributed by atoms with Crippen molar-refractivity contribution in [1.29, 1.82) is 0 Å². The van der Waals surface area contributed by atoms with E-state index in [1.807, 2.05) is 43.3 Å². The Morgan fingerprint density at radius 1 is 1.03 bits per heavy atom. The Bertz CT molecular complexity index is 1160. The van der Waals surface area contributed by atoms with Gasteiger partial charge >= 0.3 is 0 Å². The maximum absolute atomic E-state index is 13.3. The molecule has 1 heterocycles. The molecular formula is C25H27ClN2O5. The standard InChI is InChI=1S/C25H27ClN2O5/c1-18-8-9-22-21(12-18)25(31)20(17-33-22)15-28(14-19-6-4-3-5-7-19)24(30)16-27(10-11-32-2)23(29)13-26/h3-9,12,17H,10-11,13-16H2,1-2H3. The van der Waals surface area contributed by atoms with Gasteiger partial charge < -0.3 is 19.0 Å². The van der Waals surface area contributed by atoms with E-state index in [1.54, 1.807) is 17.0 Å². The SMILES string of the molecule is COCCN(CC(=O)N(Cc1ccccc1)Cc1coc2ccc(C)cc2c1=O)C(=O)CCl. The van der Waals surface area contributed by atoms with E-state index in [4.69, 9.17) is 20.8 Å². The second-order valence-electron chi connectivity index (χ2n) is 7.77. The van der Waals surface area contributed by atoms with Gasteiger partial charge in [0.15, 0.2) is 5.43 Å². The molecule has 0 aliphatic carbocycles. The molecule has 0 fully saturated rings. The monoisotopic (exact) mass is 470 g/mol. The fourth-order valence-electron chi connectivity index (χ4n) is 3.48. The molecule has 3 aromatic rings. The van der Waals surface area contributed by atoms with Crippen LogP contribution in [0, 0.1) is 6.92 Å². The van der Waals surface area contributed by atoms with E-state index in [-0.39, 0.29) is 55.9 Å². The molecule has 33 heavy (non-hydrogen) atoms. The first kappa shape index (κ1) is 24.5. The van der Waals surface area contributed by atoms with Gasteiger partial charge in [0.25, 0.3) is 0 Å². The molecule has 7 nitrogen and oxygen atoms in total. The van der Waals surface area contributed by atoms with Crippen LogP contribution in [0.2, 0.25) is 0 Å². The van der Waals surface area contributed by atoms with E-state index >= 15 is 0 Å². The normalized spacial score (nSPS) is 10.9. The summed E-state index contributed by atoms with van der Waals surface area (Å²) in [6, 6.07) is 14.9. The second-order valence-corrected chi connectivity index (χ2v) is 8.03. The van der Waals surface area contributed by atoms with Crippen LogP contribution < -0.4 is 5.43 Å². The zero-order valence-electron chi connectivity index (χ0n) is 18.8. The van der Waals surface area contributed by atoms with Crippen molar-refractivity contribution in [1.82, 2.24) is 9.80 Å². The van der Waals surface area contributed by atoms with Crippen molar-refractivity contribution >= 4 is 34.4 Å². The Morgan fingerprint density at radius 3 is 2.48 bits per heavy atom. The van der Waals surface area contributed by atoms with Crippen LogP contribution in [-0.4, -0.2) is 54.3 Å². The van der Waals surface area contributed by atoms with Gasteiger partial charge in [-0.1, -0.05) is 42.0 Å². The number of amides is 2. The summed E-state index contributed by atoms with van der Waals surface area (Å²) in [7, 11) is 1.52. The third-order valence-corrected chi connectivity index (χ3v) is 5.52. The van der Waals surface area contributed by atoms with Gasteiger partial charge in [-0.05, 0) is 24.6 Å². The third-order valence-electron chi connectivity index (χ3n) is 5.29. The summed E-state index contributed by atoms with van der Waals surface area (Å²) in [5, 5.41) is 0.471. The van der Waals surface area contributed by atoms with Gasteiger partial charge in [0.2, 0.25) is 11.8 Å². The van der Waals surface area contributed by atoms with E-state index in [9.17, 15) is 14.4 Å². The molecule has 0 bridgehead atoms. The summed E-state index contributed by atoms with van der Waals surface area (Å²) in [6.45, 7) is 2.58. The van der Waals surface area contributed by atoms with Gasteiger partial charge in [-0.15, -0.1) is 11.6 Å². The van der Waals surface area contributed by atoms with Gasteiger partial charge in [0, 0.05) is 20.2 Å². The van der Waals surface area contributed by atoms with Gasteiger partial charge in [0.05, 0.1) is 36.9 Å². The van der Waals surface area contributed by atoms with Crippen LogP contribution in [0.25, 0.3) is 11.0 Å². The highest BCUT2D eigenvalue weighted by Crippen LogP contribution is 2.16. The summed E-state index contributed by atoms with van der Waals surface area (Å²) < 4.78 is 10.7. The van der Waals surface area contributed by atoms with Crippen molar-refractivity contribution in [2.45, 2.75) is 20.0 Å². The predicted molar refractivity (Wildman–Crippen MR) is 127 cm³/mol. The molecule has 0 aliphatic heterocycles. The molecule has 0 atom stereocenters. The van der Waals surface area contributed by atoms with Crippen molar-refractivity contribution in [2.24, 2.45) is 0 Å². The Balaban J connectivity index is 1.90. The number of ether oxygens (including phenoxy) is 1. The molecule has 1 aromatic heterocycles. The van der Waals surface area contributed by atoms with Crippen molar-refractivity contribution in [2.75, 3.05) is 32.7 Å². The molecule has 0 saturated heterocycles. The first-order chi connectivity index (χ1) is 15.9. The quantitative estimate of drug-likeness (QED) is 0.424. The minimum atomic E-state index is -0.359. The van der Waals surface area contributed by atoms with Crippen LogP contribution in [0.15, 0.2) is 64.0 Å². The Kier molecular flexibility index (Phi) is 8.63. The molecule has 2 aromatic carbocycles. The van der Waals surface area contributed by atoms with E-state index in [0.717, 1.165) is 11.1 Å². The lowest BCUT2D eigenvalue weighted by Gasteiger charge is -2.27. The molecule has 0 unspecified atom stereocenters. The molecule has 0 saturated carbocycles. The summed E-state index contributed by atoms with van der Waals surface area (Å²) in [6.07, 6.45) is 1.40. The number of methoxy groups -OCH3 is 1. The fourth-order valence-corrected chi connectivity index (χ4v) is 3.65. The van der Waals surface area contributed by atoms with Gasteiger partial charge in [-0.2, -0.15) is 0 Å².